The monoisotopic (exact) mass is 284 g/mol. The van der Waals surface area contributed by atoms with Crippen LogP contribution in [0, 0.1) is 0 Å². The molecule has 0 heterocycles. The minimum Gasteiger partial charge on any atom is -0.480 e. The molecule has 0 saturated carbocycles. The number of carboxylic acids is 1. The van der Waals surface area contributed by atoms with E-state index >= 15 is 0 Å². The van der Waals surface area contributed by atoms with E-state index < -0.39 is 43.0 Å². The number of aliphatic carboxylic acids is 1. The van der Waals surface area contributed by atoms with Crippen LogP contribution in [0.4, 0.5) is 13.2 Å². The summed E-state index contributed by atoms with van der Waals surface area (Å²) in [5, 5.41) is 12.3. The normalized spacial score (nSPS) is 12.6. The summed E-state index contributed by atoms with van der Waals surface area (Å²) < 4.78 is 35.3. The third-order valence-electron chi connectivity index (χ3n) is 2.02. The smallest absolute Gasteiger partial charge is 0.405 e. The van der Waals surface area contributed by atoms with Crippen LogP contribution < -0.4 is 10.6 Å². The van der Waals surface area contributed by atoms with E-state index in [4.69, 9.17) is 5.11 Å². The van der Waals surface area contributed by atoms with Crippen LogP contribution in [0.1, 0.15) is 26.2 Å². The molecular formula is C10H15F3N2O4. The largest absolute Gasteiger partial charge is 0.480 e. The van der Waals surface area contributed by atoms with Crippen LogP contribution in [0.2, 0.25) is 0 Å². The Morgan fingerprint density at radius 2 is 1.79 bits per heavy atom. The molecule has 0 aromatic heterocycles. The lowest BCUT2D eigenvalue weighted by molar-refractivity contribution is -0.144. The second-order valence-corrected chi connectivity index (χ2v) is 3.82. The van der Waals surface area contributed by atoms with E-state index in [-0.39, 0.29) is 6.42 Å². The number of amides is 2. The number of hydrogen-bond acceptors (Lipinski definition) is 3. The maximum atomic E-state index is 11.8. The Labute approximate surface area is 107 Å². The molecule has 0 aromatic carbocycles. The Morgan fingerprint density at radius 3 is 2.21 bits per heavy atom. The topological polar surface area (TPSA) is 95.5 Å². The van der Waals surface area contributed by atoms with Gasteiger partial charge in [0, 0.05) is 0 Å². The van der Waals surface area contributed by atoms with Crippen molar-refractivity contribution >= 4 is 17.8 Å². The Morgan fingerprint density at radius 1 is 1.21 bits per heavy atom. The van der Waals surface area contributed by atoms with Crippen molar-refractivity contribution in [2.45, 2.75) is 38.4 Å². The highest BCUT2D eigenvalue weighted by Gasteiger charge is 2.28. The summed E-state index contributed by atoms with van der Waals surface area (Å²) >= 11 is 0. The molecule has 3 N–H and O–H groups in total. The first-order chi connectivity index (χ1) is 8.65. The molecule has 1 atom stereocenters. The standard InChI is InChI=1S/C10H15F3N2O4/c1-2-3-6(9(18)19)15-8(17)4-7(16)14-5-10(11,12)13/h6H,2-5H2,1H3,(H,14,16)(H,15,17)(H,18,19). The summed E-state index contributed by atoms with van der Waals surface area (Å²) in [5.74, 6) is -3.30. The van der Waals surface area contributed by atoms with Crippen molar-refractivity contribution < 1.29 is 32.7 Å². The molecule has 0 bridgehead atoms. The van der Waals surface area contributed by atoms with Gasteiger partial charge in [0.15, 0.2) is 0 Å². The zero-order chi connectivity index (χ0) is 15.1. The molecule has 0 aliphatic heterocycles. The SMILES string of the molecule is CCCC(NC(=O)CC(=O)NCC(F)(F)F)C(=O)O. The molecule has 0 rings (SSSR count). The first-order valence-electron chi connectivity index (χ1n) is 5.51. The second-order valence-electron chi connectivity index (χ2n) is 3.82. The van der Waals surface area contributed by atoms with Gasteiger partial charge in [-0.05, 0) is 6.42 Å². The molecule has 1 unspecified atom stereocenters. The lowest BCUT2D eigenvalue weighted by atomic mass is 10.1. The molecule has 110 valence electrons. The summed E-state index contributed by atoms with van der Waals surface area (Å²) in [6.45, 7) is 0.175. The molecule has 0 aliphatic rings. The Hall–Kier alpha value is -1.80. The molecule has 0 fully saturated rings. The Kier molecular flexibility index (Phi) is 6.87. The number of halogens is 3. The molecular weight excluding hydrogens is 269 g/mol. The third kappa shape index (κ3) is 8.86. The maximum absolute atomic E-state index is 11.8. The van der Waals surface area contributed by atoms with E-state index in [1.165, 1.54) is 5.32 Å². The lowest BCUT2D eigenvalue weighted by Crippen LogP contribution is -2.43. The zero-order valence-corrected chi connectivity index (χ0v) is 10.2. The van der Waals surface area contributed by atoms with Crippen LogP contribution in [-0.2, 0) is 14.4 Å². The predicted molar refractivity (Wildman–Crippen MR) is 58.2 cm³/mol. The highest BCUT2D eigenvalue weighted by atomic mass is 19.4. The highest BCUT2D eigenvalue weighted by molar-refractivity contribution is 5.98. The summed E-state index contributed by atoms with van der Waals surface area (Å²) in [6, 6.07) is -1.15. The molecule has 0 aromatic rings. The van der Waals surface area contributed by atoms with Crippen molar-refractivity contribution in [1.82, 2.24) is 10.6 Å². The van der Waals surface area contributed by atoms with Gasteiger partial charge in [0.25, 0.3) is 0 Å². The highest BCUT2D eigenvalue weighted by Crippen LogP contribution is 2.12. The first kappa shape index (κ1) is 17.2. The number of carboxylic acid groups (broad SMARTS) is 1. The van der Waals surface area contributed by atoms with Gasteiger partial charge in [-0.15, -0.1) is 0 Å². The van der Waals surface area contributed by atoms with Crippen molar-refractivity contribution in [2.24, 2.45) is 0 Å². The number of hydrogen-bond donors (Lipinski definition) is 3. The fourth-order valence-corrected chi connectivity index (χ4v) is 1.20. The molecule has 2 amide bonds. The van der Waals surface area contributed by atoms with Gasteiger partial charge >= 0.3 is 12.1 Å². The van der Waals surface area contributed by atoms with Crippen LogP contribution in [0.5, 0.6) is 0 Å². The minimum absolute atomic E-state index is 0.172. The van der Waals surface area contributed by atoms with Crippen LogP contribution in [0.25, 0.3) is 0 Å². The predicted octanol–water partition coefficient (Wildman–Crippen LogP) is 0.424. The van der Waals surface area contributed by atoms with Gasteiger partial charge in [-0.2, -0.15) is 13.2 Å². The van der Waals surface area contributed by atoms with Crippen molar-refractivity contribution in [3.63, 3.8) is 0 Å². The Balaban J connectivity index is 4.15. The number of carbonyl (C=O) groups excluding carboxylic acids is 2. The quantitative estimate of drug-likeness (QED) is 0.591. The minimum atomic E-state index is -4.56. The summed E-state index contributed by atoms with van der Waals surface area (Å²) in [4.78, 5) is 32.9. The summed E-state index contributed by atoms with van der Waals surface area (Å²) in [7, 11) is 0. The zero-order valence-electron chi connectivity index (χ0n) is 10.2. The number of rotatable bonds is 7. The number of alkyl halides is 3. The van der Waals surface area contributed by atoms with Crippen LogP contribution in [0.3, 0.4) is 0 Å². The third-order valence-corrected chi connectivity index (χ3v) is 2.02. The summed E-state index contributed by atoms with van der Waals surface area (Å²) in [5.41, 5.74) is 0. The van der Waals surface area contributed by atoms with E-state index in [1.807, 2.05) is 0 Å². The van der Waals surface area contributed by atoms with Crippen LogP contribution in [0.15, 0.2) is 0 Å². The first-order valence-corrected chi connectivity index (χ1v) is 5.51. The van der Waals surface area contributed by atoms with Gasteiger partial charge in [0.2, 0.25) is 11.8 Å². The van der Waals surface area contributed by atoms with E-state index in [0.29, 0.717) is 6.42 Å². The van der Waals surface area contributed by atoms with Crippen molar-refractivity contribution in [3.05, 3.63) is 0 Å². The van der Waals surface area contributed by atoms with Gasteiger partial charge in [0.05, 0.1) is 0 Å². The molecule has 6 nitrogen and oxygen atoms in total. The molecule has 0 aliphatic carbocycles. The molecule has 9 heteroatoms. The van der Waals surface area contributed by atoms with Crippen LogP contribution in [-0.4, -0.2) is 41.7 Å². The van der Waals surface area contributed by atoms with E-state index in [9.17, 15) is 27.6 Å². The van der Waals surface area contributed by atoms with Crippen molar-refractivity contribution in [2.75, 3.05) is 6.54 Å². The van der Waals surface area contributed by atoms with Gasteiger partial charge in [-0.25, -0.2) is 4.79 Å². The fraction of sp³-hybridized carbons (Fsp3) is 0.700. The van der Waals surface area contributed by atoms with Crippen molar-refractivity contribution in [1.29, 1.82) is 0 Å². The molecule has 0 radical (unpaired) electrons. The molecule has 0 spiro atoms. The van der Waals surface area contributed by atoms with Gasteiger partial charge < -0.3 is 15.7 Å². The molecule has 0 saturated heterocycles. The van der Waals surface area contributed by atoms with Crippen molar-refractivity contribution in [3.8, 4) is 0 Å². The van der Waals surface area contributed by atoms with Gasteiger partial charge in [0.1, 0.15) is 19.0 Å². The van der Waals surface area contributed by atoms with Crippen LogP contribution >= 0.6 is 0 Å². The van der Waals surface area contributed by atoms with E-state index in [1.54, 1.807) is 6.92 Å². The molecule has 19 heavy (non-hydrogen) atoms. The lowest BCUT2D eigenvalue weighted by Gasteiger charge is -2.13. The number of carbonyl (C=O) groups is 3. The second kappa shape index (κ2) is 7.59. The number of nitrogens with one attached hydrogen (secondary N) is 2. The van der Waals surface area contributed by atoms with Gasteiger partial charge in [-0.1, -0.05) is 13.3 Å². The van der Waals surface area contributed by atoms with E-state index in [2.05, 4.69) is 5.32 Å². The average Bonchev–Trinajstić information content (AvgIpc) is 2.24. The Bertz CT molecular complexity index is 344. The van der Waals surface area contributed by atoms with Gasteiger partial charge in [-0.3, -0.25) is 9.59 Å². The average molecular weight is 284 g/mol. The summed E-state index contributed by atoms with van der Waals surface area (Å²) in [6.07, 6.45) is -4.73. The maximum Gasteiger partial charge on any atom is 0.405 e. The van der Waals surface area contributed by atoms with E-state index in [0.717, 1.165) is 0 Å². The fourth-order valence-electron chi connectivity index (χ4n) is 1.20.